The third kappa shape index (κ3) is 4.23. The van der Waals surface area contributed by atoms with Gasteiger partial charge in [0.25, 0.3) is 0 Å². The number of phosphoric ester groups is 1. The first-order chi connectivity index (χ1) is 8.57. The summed E-state index contributed by atoms with van der Waals surface area (Å²) in [4.78, 5) is 9.43. The molecule has 2 aliphatic heterocycles. The Morgan fingerprint density at radius 2 is 1.32 bits per heavy atom. The molecule has 1 N–H and O–H groups in total. The predicted octanol–water partition coefficient (Wildman–Crippen LogP) is -0.259. The fourth-order valence-electron chi connectivity index (χ4n) is 1.59. The lowest BCUT2D eigenvalue weighted by atomic mass is 10.4. The normalized spacial score (nSPS) is 31.8. The van der Waals surface area contributed by atoms with Gasteiger partial charge in [-0.3, -0.25) is 9.05 Å². The van der Waals surface area contributed by atoms with Crippen molar-refractivity contribution in [2.75, 3.05) is 11.5 Å². The van der Waals surface area contributed by atoms with E-state index in [1.165, 1.54) is 0 Å². The van der Waals surface area contributed by atoms with E-state index in [0.717, 1.165) is 23.0 Å². The number of hydrogen-bond acceptors (Lipinski definition) is 7. The average molecular weight is 330 g/mol. The molecular formula is C8H11O8PS2. The third-order valence-corrected chi connectivity index (χ3v) is 6.14. The summed E-state index contributed by atoms with van der Waals surface area (Å²) in [7, 11) is -11.4. The molecular weight excluding hydrogens is 319 g/mol. The molecule has 0 aromatic rings. The van der Waals surface area contributed by atoms with Crippen LogP contribution >= 0.6 is 7.82 Å². The highest BCUT2D eigenvalue weighted by molar-refractivity contribution is 7.94. The summed E-state index contributed by atoms with van der Waals surface area (Å²) in [5.74, 6) is -0.889. The SMILES string of the molecule is O=P(O)(O[C@@H]1C=CS(=O)(=O)C1)O[C@@H]1C=CS(=O)(=O)C1. The maximum atomic E-state index is 11.6. The van der Waals surface area contributed by atoms with Gasteiger partial charge in [-0.05, 0) is 12.2 Å². The van der Waals surface area contributed by atoms with Crippen molar-refractivity contribution in [3.63, 3.8) is 0 Å². The van der Waals surface area contributed by atoms with Crippen molar-refractivity contribution in [1.82, 2.24) is 0 Å². The highest BCUT2D eigenvalue weighted by Crippen LogP contribution is 2.47. The highest BCUT2D eigenvalue weighted by atomic mass is 32.2. The first-order valence-electron chi connectivity index (χ1n) is 5.08. The number of hydrogen-bond donors (Lipinski definition) is 1. The average Bonchev–Trinajstić information content (AvgIpc) is 2.68. The first-order valence-corrected chi connectivity index (χ1v) is 10.0. The Morgan fingerprint density at radius 1 is 0.947 bits per heavy atom. The Bertz CT molecular complexity index is 618. The molecule has 19 heavy (non-hydrogen) atoms. The van der Waals surface area contributed by atoms with Crippen LogP contribution in [0.1, 0.15) is 0 Å². The summed E-state index contributed by atoms with van der Waals surface area (Å²) >= 11 is 0. The van der Waals surface area contributed by atoms with Crippen LogP contribution in [0.2, 0.25) is 0 Å². The molecule has 8 nitrogen and oxygen atoms in total. The molecule has 0 spiro atoms. The molecule has 0 aliphatic carbocycles. The second-order valence-corrected chi connectivity index (χ2v) is 9.29. The first kappa shape index (κ1) is 14.9. The summed E-state index contributed by atoms with van der Waals surface area (Å²) in [6.45, 7) is 0. The fourth-order valence-corrected chi connectivity index (χ4v) is 5.14. The van der Waals surface area contributed by atoms with E-state index >= 15 is 0 Å². The number of rotatable bonds is 4. The molecule has 2 aliphatic rings. The van der Waals surface area contributed by atoms with Crippen LogP contribution in [0.4, 0.5) is 0 Å². The monoisotopic (exact) mass is 330 g/mol. The maximum Gasteiger partial charge on any atom is 0.473 e. The van der Waals surface area contributed by atoms with E-state index in [1.54, 1.807) is 0 Å². The van der Waals surface area contributed by atoms with Crippen molar-refractivity contribution < 1.29 is 35.3 Å². The lowest BCUT2D eigenvalue weighted by Gasteiger charge is -2.17. The lowest BCUT2D eigenvalue weighted by molar-refractivity contribution is 0.119. The largest absolute Gasteiger partial charge is 0.473 e. The standard InChI is InChI=1S/C8H11O8PS2/c9-17(10,15-7-1-3-18(11,12)5-7)16-8-2-4-19(13,14)6-8/h1-4,7-8H,5-6H2,(H,9,10)/t7-,8-/m1/s1. The minimum Gasteiger partial charge on any atom is -0.302 e. The molecule has 0 fully saturated rings. The van der Waals surface area contributed by atoms with Crippen LogP contribution in [-0.2, 0) is 33.3 Å². The molecule has 0 aromatic carbocycles. The number of phosphoric acid groups is 1. The zero-order valence-corrected chi connectivity index (χ0v) is 12.0. The van der Waals surface area contributed by atoms with Crippen LogP contribution in [0.15, 0.2) is 23.0 Å². The summed E-state index contributed by atoms with van der Waals surface area (Å²) in [5, 5.41) is 1.77. The van der Waals surface area contributed by atoms with Crippen LogP contribution in [-0.4, -0.2) is 45.4 Å². The molecule has 11 heteroatoms. The molecule has 0 amide bonds. The van der Waals surface area contributed by atoms with Gasteiger partial charge in [-0.1, -0.05) is 0 Å². The summed E-state index contributed by atoms with van der Waals surface area (Å²) in [6, 6.07) is 0. The minimum absolute atomic E-state index is 0.445. The van der Waals surface area contributed by atoms with Gasteiger partial charge in [0, 0.05) is 10.8 Å². The second-order valence-electron chi connectivity index (χ2n) is 4.07. The Morgan fingerprint density at radius 3 is 1.58 bits per heavy atom. The van der Waals surface area contributed by atoms with E-state index < -0.39 is 51.2 Å². The van der Waals surface area contributed by atoms with E-state index in [1.807, 2.05) is 0 Å². The molecule has 0 unspecified atom stereocenters. The van der Waals surface area contributed by atoms with Gasteiger partial charge in [0.15, 0.2) is 19.7 Å². The van der Waals surface area contributed by atoms with Gasteiger partial charge >= 0.3 is 7.82 Å². The maximum absolute atomic E-state index is 11.6. The van der Waals surface area contributed by atoms with Gasteiger partial charge in [-0.25, -0.2) is 21.4 Å². The van der Waals surface area contributed by atoms with Crippen LogP contribution in [0.5, 0.6) is 0 Å². The van der Waals surface area contributed by atoms with E-state index in [9.17, 15) is 26.3 Å². The molecule has 2 atom stereocenters. The van der Waals surface area contributed by atoms with Crippen LogP contribution < -0.4 is 0 Å². The molecule has 2 heterocycles. The molecule has 0 saturated heterocycles. The van der Waals surface area contributed by atoms with E-state index in [2.05, 4.69) is 9.05 Å². The van der Waals surface area contributed by atoms with Gasteiger partial charge < -0.3 is 4.89 Å². The Hall–Kier alpha value is -0.510. The highest BCUT2D eigenvalue weighted by Gasteiger charge is 2.35. The Kier molecular flexibility index (Phi) is 3.76. The zero-order chi connectivity index (χ0) is 14.3. The quantitative estimate of drug-likeness (QED) is 0.699. The van der Waals surface area contributed by atoms with Gasteiger partial charge in [0.2, 0.25) is 0 Å². The van der Waals surface area contributed by atoms with Gasteiger partial charge in [-0.15, -0.1) is 0 Å². The van der Waals surface area contributed by atoms with Crippen molar-refractivity contribution in [3.8, 4) is 0 Å². The van der Waals surface area contributed by atoms with Crippen LogP contribution in [0, 0.1) is 0 Å². The third-order valence-electron chi connectivity index (χ3n) is 2.33. The van der Waals surface area contributed by atoms with Crippen LogP contribution in [0.3, 0.4) is 0 Å². The van der Waals surface area contributed by atoms with E-state index in [-0.39, 0.29) is 0 Å². The van der Waals surface area contributed by atoms with Gasteiger partial charge in [0.05, 0.1) is 11.5 Å². The molecule has 0 bridgehead atoms. The van der Waals surface area contributed by atoms with Crippen LogP contribution in [0.25, 0.3) is 0 Å². The van der Waals surface area contributed by atoms with Gasteiger partial charge in [-0.2, -0.15) is 0 Å². The predicted molar refractivity (Wildman–Crippen MR) is 65.4 cm³/mol. The fraction of sp³-hybridized carbons (Fsp3) is 0.500. The van der Waals surface area contributed by atoms with Crippen molar-refractivity contribution in [1.29, 1.82) is 0 Å². The minimum atomic E-state index is -4.54. The zero-order valence-electron chi connectivity index (χ0n) is 9.45. The van der Waals surface area contributed by atoms with Crippen molar-refractivity contribution in [2.24, 2.45) is 0 Å². The number of sulfone groups is 2. The molecule has 0 saturated carbocycles. The summed E-state index contributed by atoms with van der Waals surface area (Å²) < 4.78 is 65.3. The van der Waals surface area contributed by atoms with Gasteiger partial charge in [0.1, 0.15) is 12.2 Å². The Balaban J connectivity index is 1.96. The van der Waals surface area contributed by atoms with E-state index in [0.29, 0.717) is 0 Å². The van der Waals surface area contributed by atoms with Crippen molar-refractivity contribution in [3.05, 3.63) is 23.0 Å². The molecule has 0 radical (unpaired) electrons. The second kappa shape index (κ2) is 4.80. The molecule has 108 valence electrons. The molecule has 0 aromatic heterocycles. The Labute approximate surface area is 110 Å². The summed E-state index contributed by atoms with van der Waals surface area (Å²) in [6.07, 6.45) is 0.0941. The topological polar surface area (TPSA) is 124 Å². The summed E-state index contributed by atoms with van der Waals surface area (Å²) in [5.41, 5.74) is 0. The van der Waals surface area contributed by atoms with Crippen molar-refractivity contribution in [2.45, 2.75) is 12.2 Å². The molecule has 2 rings (SSSR count). The van der Waals surface area contributed by atoms with E-state index in [4.69, 9.17) is 0 Å². The lowest BCUT2D eigenvalue weighted by Crippen LogP contribution is -2.18. The smallest absolute Gasteiger partial charge is 0.302 e. The van der Waals surface area contributed by atoms with Crippen molar-refractivity contribution >= 4 is 27.5 Å².